The highest BCUT2D eigenvalue weighted by atomic mass is 16.5. The average molecular weight is 181 g/mol. The molecule has 1 saturated carbocycles. The van der Waals surface area contributed by atoms with Gasteiger partial charge in [0.15, 0.2) is 5.60 Å². The number of ether oxygens (including phenoxy) is 1. The number of nitriles is 1. The van der Waals surface area contributed by atoms with Gasteiger partial charge >= 0.3 is 0 Å². The molecule has 0 radical (unpaired) electrons. The van der Waals surface area contributed by atoms with Crippen LogP contribution in [0.5, 0.6) is 0 Å². The molecule has 1 aliphatic carbocycles. The Morgan fingerprint density at radius 2 is 2.23 bits per heavy atom. The molecule has 0 heterocycles. The van der Waals surface area contributed by atoms with E-state index in [1.54, 1.807) is 0 Å². The summed E-state index contributed by atoms with van der Waals surface area (Å²) in [6, 6.07) is 2.37. The van der Waals surface area contributed by atoms with E-state index in [0.29, 0.717) is 12.5 Å². The van der Waals surface area contributed by atoms with Crippen molar-refractivity contribution in [3.05, 3.63) is 0 Å². The number of rotatable bonds is 2. The SMILES string of the molecule is CCOC1(C#N)CCC(C)CC1C. The lowest BCUT2D eigenvalue weighted by atomic mass is 9.73. The van der Waals surface area contributed by atoms with E-state index in [-0.39, 0.29) is 0 Å². The lowest BCUT2D eigenvalue weighted by Gasteiger charge is -2.39. The minimum atomic E-state index is -0.485. The summed E-state index contributed by atoms with van der Waals surface area (Å²) in [6.45, 7) is 6.99. The third-order valence-corrected chi connectivity index (χ3v) is 3.15. The number of nitrogens with zero attached hydrogens (tertiary/aromatic N) is 1. The lowest BCUT2D eigenvalue weighted by Crippen LogP contribution is -2.42. The summed E-state index contributed by atoms with van der Waals surface area (Å²) in [4.78, 5) is 0. The Bertz CT molecular complexity index is 209. The van der Waals surface area contributed by atoms with Crippen LogP contribution in [0.3, 0.4) is 0 Å². The summed E-state index contributed by atoms with van der Waals surface area (Å²) in [5.74, 6) is 1.12. The Labute approximate surface area is 80.9 Å². The summed E-state index contributed by atoms with van der Waals surface area (Å²) < 4.78 is 5.62. The van der Waals surface area contributed by atoms with Crippen molar-refractivity contribution in [1.29, 1.82) is 5.26 Å². The first-order valence-electron chi connectivity index (χ1n) is 5.20. The number of hydrogen-bond acceptors (Lipinski definition) is 2. The van der Waals surface area contributed by atoms with Crippen LogP contribution in [0.2, 0.25) is 0 Å². The van der Waals surface area contributed by atoms with Gasteiger partial charge in [0, 0.05) is 6.61 Å². The molecule has 3 atom stereocenters. The van der Waals surface area contributed by atoms with Gasteiger partial charge in [0.1, 0.15) is 0 Å². The first-order chi connectivity index (χ1) is 6.14. The Balaban J connectivity index is 2.70. The van der Waals surface area contributed by atoms with Crippen molar-refractivity contribution in [3.8, 4) is 6.07 Å². The van der Waals surface area contributed by atoms with Crippen LogP contribution in [0.15, 0.2) is 0 Å². The second-order valence-electron chi connectivity index (χ2n) is 4.21. The van der Waals surface area contributed by atoms with Gasteiger partial charge in [-0.25, -0.2) is 0 Å². The van der Waals surface area contributed by atoms with Gasteiger partial charge in [-0.05, 0) is 38.0 Å². The molecule has 0 amide bonds. The molecule has 0 N–H and O–H groups in total. The average Bonchev–Trinajstić information content (AvgIpc) is 2.11. The van der Waals surface area contributed by atoms with Crippen LogP contribution >= 0.6 is 0 Å². The molecule has 3 unspecified atom stereocenters. The van der Waals surface area contributed by atoms with Crippen molar-refractivity contribution in [2.45, 2.75) is 45.6 Å². The highest BCUT2D eigenvalue weighted by Crippen LogP contribution is 2.38. The maximum atomic E-state index is 9.15. The van der Waals surface area contributed by atoms with Gasteiger partial charge in [-0.3, -0.25) is 0 Å². The molecular formula is C11H19NO. The van der Waals surface area contributed by atoms with Crippen LogP contribution in [-0.4, -0.2) is 12.2 Å². The smallest absolute Gasteiger partial charge is 0.156 e. The monoisotopic (exact) mass is 181 g/mol. The summed E-state index contributed by atoms with van der Waals surface area (Å²) in [5, 5.41) is 9.15. The zero-order chi connectivity index (χ0) is 9.90. The Kier molecular flexibility index (Phi) is 3.33. The quantitative estimate of drug-likeness (QED) is 0.656. The maximum absolute atomic E-state index is 9.15. The van der Waals surface area contributed by atoms with Gasteiger partial charge in [0.25, 0.3) is 0 Å². The van der Waals surface area contributed by atoms with Crippen molar-refractivity contribution in [2.75, 3.05) is 6.61 Å². The van der Waals surface area contributed by atoms with Crippen LogP contribution < -0.4 is 0 Å². The van der Waals surface area contributed by atoms with Crippen LogP contribution in [0.1, 0.15) is 40.0 Å². The van der Waals surface area contributed by atoms with E-state index in [1.165, 1.54) is 0 Å². The summed E-state index contributed by atoms with van der Waals surface area (Å²) in [6.07, 6.45) is 3.14. The third-order valence-electron chi connectivity index (χ3n) is 3.15. The summed E-state index contributed by atoms with van der Waals surface area (Å²) in [5.41, 5.74) is -0.485. The zero-order valence-electron chi connectivity index (χ0n) is 8.84. The van der Waals surface area contributed by atoms with E-state index in [2.05, 4.69) is 19.9 Å². The van der Waals surface area contributed by atoms with Gasteiger partial charge in [0.2, 0.25) is 0 Å². The summed E-state index contributed by atoms with van der Waals surface area (Å²) >= 11 is 0. The fourth-order valence-corrected chi connectivity index (χ4v) is 2.29. The van der Waals surface area contributed by atoms with Crippen molar-refractivity contribution >= 4 is 0 Å². The second-order valence-corrected chi connectivity index (χ2v) is 4.21. The molecule has 74 valence electrons. The molecule has 2 heteroatoms. The molecule has 0 bridgehead atoms. The standard InChI is InChI=1S/C11H19NO/c1-4-13-11(8-12)6-5-9(2)7-10(11)3/h9-10H,4-7H2,1-3H3. The van der Waals surface area contributed by atoms with Gasteiger partial charge in [-0.2, -0.15) is 5.26 Å². The Morgan fingerprint density at radius 1 is 1.54 bits per heavy atom. The molecule has 0 aromatic heterocycles. The molecule has 0 aromatic rings. The lowest BCUT2D eigenvalue weighted by molar-refractivity contribution is -0.0649. The molecule has 0 aliphatic heterocycles. The van der Waals surface area contributed by atoms with Crippen LogP contribution in [0.25, 0.3) is 0 Å². The molecule has 1 fully saturated rings. The Morgan fingerprint density at radius 3 is 2.69 bits per heavy atom. The van der Waals surface area contributed by atoms with E-state index < -0.39 is 5.60 Å². The van der Waals surface area contributed by atoms with Crippen molar-refractivity contribution in [2.24, 2.45) is 11.8 Å². The highest BCUT2D eigenvalue weighted by molar-refractivity contribution is 5.07. The van der Waals surface area contributed by atoms with E-state index in [0.717, 1.165) is 25.2 Å². The van der Waals surface area contributed by atoms with Crippen LogP contribution in [0, 0.1) is 23.2 Å². The molecular weight excluding hydrogens is 162 g/mol. The molecule has 2 nitrogen and oxygen atoms in total. The van der Waals surface area contributed by atoms with Gasteiger partial charge in [0.05, 0.1) is 6.07 Å². The van der Waals surface area contributed by atoms with Crippen molar-refractivity contribution in [3.63, 3.8) is 0 Å². The molecule has 1 rings (SSSR count). The van der Waals surface area contributed by atoms with Crippen LogP contribution in [0.4, 0.5) is 0 Å². The predicted molar refractivity (Wildman–Crippen MR) is 52.1 cm³/mol. The van der Waals surface area contributed by atoms with E-state index >= 15 is 0 Å². The first kappa shape index (κ1) is 10.5. The minimum Gasteiger partial charge on any atom is -0.360 e. The van der Waals surface area contributed by atoms with Crippen molar-refractivity contribution < 1.29 is 4.74 Å². The number of hydrogen-bond donors (Lipinski definition) is 0. The largest absolute Gasteiger partial charge is 0.360 e. The molecule has 0 aromatic carbocycles. The van der Waals surface area contributed by atoms with Gasteiger partial charge in [-0.1, -0.05) is 13.8 Å². The molecule has 0 saturated heterocycles. The first-order valence-corrected chi connectivity index (χ1v) is 5.20. The molecule has 13 heavy (non-hydrogen) atoms. The van der Waals surface area contributed by atoms with Gasteiger partial charge < -0.3 is 4.74 Å². The van der Waals surface area contributed by atoms with Gasteiger partial charge in [-0.15, -0.1) is 0 Å². The third kappa shape index (κ3) is 2.03. The topological polar surface area (TPSA) is 33.0 Å². The minimum absolute atomic E-state index is 0.376. The van der Waals surface area contributed by atoms with E-state index in [1.807, 2.05) is 6.92 Å². The highest BCUT2D eigenvalue weighted by Gasteiger charge is 2.41. The van der Waals surface area contributed by atoms with E-state index in [4.69, 9.17) is 10.00 Å². The zero-order valence-corrected chi connectivity index (χ0v) is 8.84. The predicted octanol–water partition coefficient (Wildman–Crippen LogP) is 2.74. The van der Waals surface area contributed by atoms with E-state index in [9.17, 15) is 0 Å². The summed E-state index contributed by atoms with van der Waals surface area (Å²) in [7, 11) is 0. The fraction of sp³-hybridized carbons (Fsp3) is 0.909. The second kappa shape index (κ2) is 4.11. The van der Waals surface area contributed by atoms with Crippen LogP contribution in [-0.2, 0) is 4.74 Å². The van der Waals surface area contributed by atoms with Crippen molar-refractivity contribution in [1.82, 2.24) is 0 Å². The Hall–Kier alpha value is -0.550. The maximum Gasteiger partial charge on any atom is 0.156 e. The normalized spacial score (nSPS) is 39.8. The molecule has 0 spiro atoms. The fourth-order valence-electron chi connectivity index (χ4n) is 2.29. The molecule has 1 aliphatic rings.